The van der Waals surface area contributed by atoms with Crippen molar-refractivity contribution in [3.05, 3.63) is 23.8 Å². The monoisotopic (exact) mass is 365 g/mol. The zero-order valence-corrected chi connectivity index (χ0v) is 14.9. The van der Waals surface area contributed by atoms with Crippen LogP contribution < -0.4 is 14.8 Å². The number of carbonyl (C=O) groups is 3. The first-order valence-corrected chi connectivity index (χ1v) is 8.35. The number of ether oxygens (including phenoxy) is 4. The summed E-state index contributed by atoms with van der Waals surface area (Å²) in [5.41, 5.74) is 0.472. The maximum atomic E-state index is 11.7. The first kappa shape index (κ1) is 19.7. The number of hydrogen-bond donors (Lipinski definition) is 1. The van der Waals surface area contributed by atoms with E-state index in [-0.39, 0.29) is 25.1 Å². The van der Waals surface area contributed by atoms with Crippen LogP contribution >= 0.6 is 0 Å². The van der Waals surface area contributed by atoms with Crippen molar-refractivity contribution >= 4 is 17.7 Å². The Labute approximate surface area is 151 Å². The fraction of sp³-hybridized carbons (Fsp3) is 0.500. The predicted octanol–water partition coefficient (Wildman–Crippen LogP) is 1.11. The number of Topliss-reactive ketones (excluding diaryl/α,β-unsaturated/α-hetero) is 1. The molecule has 0 aliphatic carbocycles. The van der Waals surface area contributed by atoms with Crippen LogP contribution in [0.2, 0.25) is 0 Å². The second kappa shape index (κ2) is 9.76. The highest BCUT2D eigenvalue weighted by Gasteiger charge is 2.17. The second-order valence-electron chi connectivity index (χ2n) is 5.81. The fourth-order valence-electron chi connectivity index (χ4n) is 2.41. The van der Waals surface area contributed by atoms with Gasteiger partial charge in [-0.1, -0.05) is 0 Å². The highest BCUT2D eigenvalue weighted by atomic mass is 16.6. The predicted molar refractivity (Wildman–Crippen MR) is 91.4 cm³/mol. The van der Waals surface area contributed by atoms with Gasteiger partial charge in [-0.2, -0.15) is 0 Å². The Morgan fingerprint density at radius 3 is 2.69 bits per heavy atom. The van der Waals surface area contributed by atoms with Crippen LogP contribution in [0.15, 0.2) is 18.2 Å². The van der Waals surface area contributed by atoms with Gasteiger partial charge in [-0.3, -0.25) is 9.59 Å². The van der Waals surface area contributed by atoms with E-state index >= 15 is 0 Å². The fourth-order valence-corrected chi connectivity index (χ4v) is 2.41. The van der Waals surface area contributed by atoms with Gasteiger partial charge in [0.1, 0.15) is 0 Å². The van der Waals surface area contributed by atoms with E-state index in [1.807, 2.05) is 0 Å². The molecule has 26 heavy (non-hydrogen) atoms. The third-order valence-corrected chi connectivity index (χ3v) is 3.83. The number of methoxy groups -OCH3 is 1. The van der Waals surface area contributed by atoms with Gasteiger partial charge in [0.25, 0.3) is 5.91 Å². The molecule has 2 rings (SSSR count). The molecule has 142 valence electrons. The lowest BCUT2D eigenvalue weighted by molar-refractivity contribution is -0.150. The zero-order valence-electron chi connectivity index (χ0n) is 14.9. The number of ketones is 1. The summed E-state index contributed by atoms with van der Waals surface area (Å²) in [6.45, 7) is 1.80. The van der Waals surface area contributed by atoms with Crippen molar-refractivity contribution < 1.29 is 33.3 Å². The molecule has 0 unspecified atom stereocenters. The lowest BCUT2D eigenvalue weighted by Gasteiger charge is -2.12. The van der Waals surface area contributed by atoms with Crippen molar-refractivity contribution in [2.75, 3.05) is 33.5 Å². The summed E-state index contributed by atoms with van der Waals surface area (Å²) < 4.78 is 20.7. The van der Waals surface area contributed by atoms with E-state index in [4.69, 9.17) is 18.9 Å². The Balaban J connectivity index is 1.72. The van der Waals surface area contributed by atoms with Gasteiger partial charge >= 0.3 is 5.97 Å². The molecule has 0 bridgehead atoms. The molecule has 1 saturated heterocycles. The molecule has 1 aromatic carbocycles. The van der Waals surface area contributed by atoms with Crippen molar-refractivity contribution in [1.82, 2.24) is 5.32 Å². The summed E-state index contributed by atoms with van der Waals surface area (Å²) in [5.74, 6) is -0.549. The number of rotatable bonds is 9. The maximum Gasteiger partial charge on any atom is 0.344 e. The standard InChI is InChI=1S/C18H23NO7/c1-12(20)13-5-6-15(16(8-13)23-2)25-11-18(22)26-10-17(21)19-9-14-4-3-7-24-14/h5-6,8,14H,3-4,7,9-11H2,1-2H3,(H,19,21)/t14-/m1/s1. The summed E-state index contributed by atoms with van der Waals surface area (Å²) in [4.78, 5) is 34.7. The number of esters is 1. The summed E-state index contributed by atoms with van der Waals surface area (Å²) in [5, 5.41) is 2.65. The van der Waals surface area contributed by atoms with Gasteiger partial charge in [0, 0.05) is 18.7 Å². The minimum atomic E-state index is -0.685. The molecular weight excluding hydrogens is 342 g/mol. The van der Waals surface area contributed by atoms with Crippen LogP contribution in [0.5, 0.6) is 11.5 Å². The summed E-state index contributed by atoms with van der Waals surface area (Å²) in [7, 11) is 1.43. The minimum absolute atomic E-state index is 0.0309. The summed E-state index contributed by atoms with van der Waals surface area (Å²) in [6, 6.07) is 4.64. The van der Waals surface area contributed by atoms with Gasteiger partial charge in [0.05, 0.1) is 13.2 Å². The van der Waals surface area contributed by atoms with E-state index in [1.54, 1.807) is 6.07 Å². The molecule has 1 aromatic rings. The normalized spacial score (nSPS) is 16.0. The lowest BCUT2D eigenvalue weighted by atomic mass is 10.1. The molecule has 1 amide bonds. The Bertz CT molecular complexity index is 653. The van der Waals surface area contributed by atoms with Crippen LogP contribution in [-0.2, 0) is 19.1 Å². The average molecular weight is 365 g/mol. The number of benzene rings is 1. The van der Waals surface area contributed by atoms with Crippen molar-refractivity contribution in [2.45, 2.75) is 25.9 Å². The van der Waals surface area contributed by atoms with Crippen molar-refractivity contribution in [2.24, 2.45) is 0 Å². The van der Waals surface area contributed by atoms with Crippen molar-refractivity contribution in [3.8, 4) is 11.5 Å². The van der Waals surface area contributed by atoms with Crippen LogP contribution in [-0.4, -0.2) is 57.2 Å². The van der Waals surface area contributed by atoms with Crippen LogP contribution in [0, 0.1) is 0 Å². The molecule has 0 saturated carbocycles. The smallest absolute Gasteiger partial charge is 0.344 e. The second-order valence-corrected chi connectivity index (χ2v) is 5.81. The Morgan fingerprint density at radius 2 is 2.04 bits per heavy atom. The van der Waals surface area contributed by atoms with Crippen LogP contribution in [0.4, 0.5) is 0 Å². The topological polar surface area (TPSA) is 100 Å². The van der Waals surface area contributed by atoms with Crippen molar-refractivity contribution in [1.29, 1.82) is 0 Å². The van der Waals surface area contributed by atoms with E-state index in [0.29, 0.717) is 30.2 Å². The van der Waals surface area contributed by atoms with Crippen molar-refractivity contribution in [3.63, 3.8) is 0 Å². The number of amides is 1. The molecular formula is C18H23NO7. The average Bonchev–Trinajstić information content (AvgIpc) is 3.16. The van der Waals surface area contributed by atoms with Gasteiger partial charge in [0.2, 0.25) is 0 Å². The van der Waals surface area contributed by atoms with Gasteiger partial charge in [-0.15, -0.1) is 0 Å². The van der Waals surface area contributed by atoms with E-state index in [9.17, 15) is 14.4 Å². The molecule has 1 aliphatic heterocycles. The number of nitrogens with one attached hydrogen (secondary N) is 1. The Kier molecular flexibility index (Phi) is 7.40. The van der Waals surface area contributed by atoms with Gasteiger partial charge in [0.15, 0.2) is 30.5 Å². The van der Waals surface area contributed by atoms with E-state index < -0.39 is 11.9 Å². The summed E-state index contributed by atoms with van der Waals surface area (Å²) >= 11 is 0. The molecule has 0 radical (unpaired) electrons. The molecule has 1 aliphatic rings. The van der Waals surface area contributed by atoms with Gasteiger partial charge in [-0.25, -0.2) is 4.79 Å². The first-order valence-electron chi connectivity index (χ1n) is 8.35. The zero-order chi connectivity index (χ0) is 18.9. The summed E-state index contributed by atoms with van der Waals surface area (Å²) in [6.07, 6.45) is 1.94. The lowest BCUT2D eigenvalue weighted by Crippen LogP contribution is -2.35. The van der Waals surface area contributed by atoms with Gasteiger partial charge < -0.3 is 24.3 Å². The molecule has 0 aromatic heterocycles. The van der Waals surface area contributed by atoms with Crippen LogP contribution in [0.25, 0.3) is 0 Å². The van der Waals surface area contributed by atoms with E-state index in [1.165, 1.54) is 26.2 Å². The largest absolute Gasteiger partial charge is 0.493 e. The minimum Gasteiger partial charge on any atom is -0.493 e. The van der Waals surface area contributed by atoms with Crippen LogP contribution in [0.1, 0.15) is 30.1 Å². The highest BCUT2D eigenvalue weighted by Crippen LogP contribution is 2.28. The first-order chi connectivity index (χ1) is 12.5. The third-order valence-electron chi connectivity index (χ3n) is 3.83. The SMILES string of the molecule is COc1cc(C(C)=O)ccc1OCC(=O)OCC(=O)NC[C@H]1CCCO1. The number of hydrogen-bond acceptors (Lipinski definition) is 7. The molecule has 1 fully saturated rings. The highest BCUT2D eigenvalue weighted by molar-refractivity contribution is 5.94. The van der Waals surface area contributed by atoms with E-state index in [2.05, 4.69) is 5.32 Å². The molecule has 0 spiro atoms. The third kappa shape index (κ3) is 6.03. The number of carbonyl (C=O) groups excluding carboxylic acids is 3. The maximum absolute atomic E-state index is 11.7. The quantitative estimate of drug-likeness (QED) is 0.517. The Hall–Kier alpha value is -2.61. The molecule has 1 atom stereocenters. The van der Waals surface area contributed by atoms with E-state index in [0.717, 1.165) is 12.8 Å². The van der Waals surface area contributed by atoms with Crippen LogP contribution in [0.3, 0.4) is 0 Å². The molecule has 8 heteroatoms. The molecule has 1 N–H and O–H groups in total. The van der Waals surface area contributed by atoms with Gasteiger partial charge in [-0.05, 0) is 38.0 Å². The Morgan fingerprint density at radius 1 is 1.23 bits per heavy atom. The molecule has 1 heterocycles. The molecule has 8 nitrogen and oxygen atoms in total.